The molecule has 0 atom stereocenters. The van der Waals surface area contributed by atoms with E-state index in [0.29, 0.717) is 54.7 Å². The second-order valence-electron chi connectivity index (χ2n) is 14.8. The molecule has 262 valence electrons. The molecule has 6 heterocycles. The van der Waals surface area contributed by atoms with Gasteiger partial charge in [0, 0.05) is 49.4 Å². The van der Waals surface area contributed by atoms with Crippen LogP contribution in [-0.4, -0.2) is 84.5 Å². The fraction of sp³-hybridized carbons (Fsp3) is 0.500. The lowest BCUT2D eigenvalue weighted by molar-refractivity contribution is -0.134. The molecule has 4 aromatic rings. The number of amides is 2. The number of anilines is 3. The Labute approximate surface area is 291 Å². The average Bonchev–Trinajstić information content (AvgIpc) is 3.64. The largest absolute Gasteiger partial charge is 0.390 e. The van der Waals surface area contributed by atoms with Gasteiger partial charge >= 0.3 is 0 Å². The van der Waals surface area contributed by atoms with E-state index in [1.54, 1.807) is 13.3 Å². The number of fused-ring (bicyclic) bond motifs is 3. The van der Waals surface area contributed by atoms with Crippen molar-refractivity contribution < 1.29 is 19.1 Å². The first kappa shape index (κ1) is 32.8. The number of hydrogen-bond acceptors (Lipinski definition) is 8. The van der Waals surface area contributed by atoms with Crippen LogP contribution in [-0.2, 0) is 21.6 Å². The first-order chi connectivity index (χ1) is 24.2. The molecule has 0 bridgehead atoms. The van der Waals surface area contributed by atoms with Crippen molar-refractivity contribution in [1.82, 2.24) is 29.3 Å². The summed E-state index contributed by atoms with van der Waals surface area (Å²) in [5.74, 6) is 0.0761. The summed E-state index contributed by atoms with van der Waals surface area (Å²) in [4.78, 5) is 47.2. The third-order valence-corrected chi connectivity index (χ3v) is 11.6. The Morgan fingerprint density at radius 1 is 1.04 bits per heavy atom. The van der Waals surface area contributed by atoms with E-state index in [4.69, 9.17) is 9.97 Å². The highest BCUT2D eigenvalue weighted by Gasteiger charge is 2.55. The van der Waals surface area contributed by atoms with Gasteiger partial charge in [-0.05, 0) is 89.2 Å². The zero-order valence-electron chi connectivity index (χ0n) is 29.0. The van der Waals surface area contributed by atoms with Crippen LogP contribution in [0.15, 0.2) is 42.9 Å². The van der Waals surface area contributed by atoms with Crippen LogP contribution in [0.5, 0.6) is 0 Å². The lowest BCUT2D eigenvalue weighted by Crippen LogP contribution is -2.58. The fourth-order valence-electron chi connectivity index (χ4n) is 8.63. The molecule has 1 saturated carbocycles. The number of rotatable bonds is 7. The van der Waals surface area contributed by atoms with Gasteiger partial charge in [-0.3, -0.25) is 14.6 Å². The number of benzene rings is 1. The van der Waals surface area contributed by atoms with E-state index in [1.807, 2.05) is 21.6 Å². The maximum absolute atomic E-state index is 15.0. The number of piperidine rings is 2. The molecule has 1 spiro atoms. The van der Waals surface area contributed by atoms with E-state index < -0.39 is 11.2 Å². The highest BCUT2D eigenvalue weighted by atomic mass is 19.1. The van der Waals surface area contributed by atoms with Gasteiger partial charge in [0.15, 0.2) is 11.6 Å². The van der Waals surface area contributed by atoms with Crippen LogP contribution < -0.4 is 10.2 Å². The van der Waals surface area contributed by atoms with Gasteiger partial charge in [-0.15, -0.1) is 0 Å². The van der Waals surface area contributed by atoms with Crippen LogP contribution in [0.1, 0.15) is 83.0 Å². The van der Waals surface area contributed by atoms with Gasteiger partial charge in [-0.25, -0.2) is 14.4 Å². The van der Waals surface area contributed by atoms with Crippen LogP contribution in [0.4, 0.5) is 21.6 Å². The molecular formula is C38H45FN8O3. The molecule has 2 amide bonds. The summed E-state index contributed by atoms with van der Waals surface area (Å²) in [6, 6.07) is 10.3. The van der Waals surface area contributed by atoms with Gasteiger partial charge in [-0.2, -0.15) is 0 Å². The lowest BCUT2D eigenvalue weighted by Gasteiger charge is -2.48. The van der Waals surface area contributed by atoms with Crippen LogP contribution >= 0.6 is 0 Å². The quantitative estimate of drug-likeness (QED) is 0.256. The molecule has 0 radical (unpaired) electrons. The van der Waals surface area contributed by atoms with Crippen molar-refractivity contribution in [2.45, 2.75) is 95.9 Å². The minimum Gasteiger partial charge on any atom is -0.390 e. The van der Waals surface area contributed by atoms with E-state index in [-0.39, 0.29) is 36.2 Å². The third kappa shape index (κ3) is 5.43. The second kappa shape index (κ2) is 12.7. The molecule has 0 unspecified atom stereocenters. The summed E-state index contributed by atoms with van der Waals surface area (Å²) in [7, 11) is 0. The first-order valence-corrected chi connectivity index (χ1v) is 18.0. The predicted molar refractivity (Wildman–Crippen MR) is 190 cm³/mol. The molecule has 3 fully saturated rings. The van der Waals surface area contributed by atoms with Crippen molar-refractivity contribution in [3.8, 4) is 11.3 Å². The summed E-state index contributed by atoms with van der Waals surface area (Å²) in [6.07, 6.45) is 9.77. The number of likely N-dealkylation sites (tertiary alicyclic amines) is 2. The number of aliphatic hydroxyl groups is 1. The molecule has 2 saturated heterocycles. The number of carbonyl (C=O) groups excluding carboxylic acids is 2. The Bertz CT molecular complexity index is 1960. The minimum absolute atomic E-state index is 0.0473. The number of aliphatic hydroxyl groups excluding tert-OH is 1. The number of nitrogens with zero attached hydrogens (tertiary/aromatic N) is 7. The molecule has 8 rings (SSSR count). The average molecular weight is 681 g/mol. The number of hydrogen-bond donors (Lipinski definition) is 2. The number of nitrogens with one attached hydrogen (secondary N) is 1. The Morgan fingerprint density at radius 3 is 2.50 bits per heavy atom. The van der Waals surface area contributed by atoms with E-state index in [2.05, 4.69) is 46.1 Å². The van der Waals surface area contributed by atoms with E-state index in [1.165, 1.54) is 25.3 Å². The van der Waals surface area contributed by atoms with Gasteiger partial charge in [0.2, 0.25) is 11.8 Å². The summed E-state index contributed by atoms with van der Waals surface area (Å²) >= 11 is 0. The number of halogens is 1. The predicted octanol–water partition coefficient (Wildman–Crippen LogP) is 5.69. The molecule has 12 heteroatoms. The topological polar surface area (TPSA) is 120 Å². The number of aromatic nitrogens is 4. The Morgan fingerprint density at radius 2 is 1.80 bits per heavy atom. The van der Waals surface area contributed by atoms with E-state index in [9.17, 15) is 14.7 Å². The third-order valence-electron chi connectivity index (χ3n) is 11.6. The molecule has 4 aliphatic rings. The normalized spacial score (nSPS) is 22.0. The summed E-state index contributed by atoms with van der Waals surface area (Å²) in [6.45, 7) is 8.78. The van der Waals surface area contributed by atoms with E-state index >= 15 is 4.39 Å². The first-order valence-electron chi connectivity index (χ1n) is 18.0. The maximum Gasteiger partial charge on any atom is 0.238 e. The van der Waals surface area contributed by atoms with Crippen molar-refractivity contribution >= 4 is 40.0 Å². The minimum atomic E-state index is -0.653. The Hall–Kier alpha value is -4.42. The van der Waals surface area contributed by atoms with Crippen molar-refractivity contribution in [2.75, 3.05) is 36.4 Å². The van der Waals surface area contributed by atoms with Gasteiger partial charge in [0.05, 0.1) is 47.1 Å². The molecule has 3 aromatic heterocycles. The SMILES string of the molecule is CC(=O)N1CCC2(CC1)C(=O)N([C@H]1C[C@@H](N3CCCCC3)C1)c1cc(-c3cc4ncn(C(C)C)c4c(Nc4cc(CO)ncc4F)n3)ccc12. The van der Waals surface area contributed by atoms with Gasteiger partial charge < -0.3 is 29.7 Å². The van der Waals surface area contributed by atoms with Crippen LogP contribution in [0, 0.1) is 5.82 Å². The van der Waals surface area contributed by atoms with E-state index in [0.717, 1.165) is 54.5 Å². The summed E-state index contributed by atoms with van der Waals surface area (Å²) < 4.78 is 17.0. The maximum atomic E-state index is 15.0. The van der Waals surface area contributed by atoms with Gasteiger partial charge in [0.1, 0.15) is 5.52 Å². The van der Waals surface area contributed by atoms with Crippen molar-refractivity contribution in [3.63, 3.8) is 0 Å². The standard InChI is InChI=1S/C38H45FN8O3/c1-23(2)46-22-41-33-19-31(42-36(35(33)46)43-32-16-26(21-48)40-20-30(32)39)25-7-8-29-34(15-25)47(28-17-27(18-28)45-11-5-4-6-12-45)37(50)38(29)9-13-44(14-10-38)24(3)49/h7-8,15-16,19-20,22-23,27-28,48H,4-6,9-14,17-18,21H2,1-3H3,(H,40,42,43)/t27-,28+. The Balaban J connectivity index is 1.20. The fourth-order valence-corrected chi connectivity index (χ4v) is 8.63. The van der Waals surface area contributed by atoms with Crippen LogP contribution in [0.2, 0.25) is 0 Å². The Kier molecular flexibility index (Phi) is 8.34. The van der Waals surface area contributed by atoms with Crippen molar-refractivity contribution in [2.24, 2.45) is 0 Å². The molecule has 50 heavy (non-hydrogen) atoms. The smallest absolute Gasteiger partial charge is 0.238 e. The number of imidazole rings is 1. The van der Waals surface area contributed by atoms with Crippen molar-refractivity contribution in [3.05, 3.63) is 59.9 Å². The molecule has 3 aliphatic heterocycles. The zero-order chi connectivity index (χ0) is 34.7. The zero-order valence-corrected chi connectivity index (χ0v) is 29.0. The summed E-state index contributed by atoms with van der Waals surface area (Å²) in [5, 5.41) is 12.8. The molecular weight excluding hydrogens is 635 g/mol. The van der Waals surface area contributed by atoms with Crippen LogP contribution in [0.3, 0.4) is 0 Å². The van der Waals surface area contributed by atoms with Crippen LogP contribution in [0.25, 0.3) is 22.3 Å². The number of carbonyl (C=O) groups is 2. The number of pyridine rings is 2. The molecule has 2 N–H and O–H groups in total. The summed E-state index contributed by atoms with van der Waals surface area (Å²) in [5.41, 5.74) is 4.73. The molecule has 1 aliphatic carbocycles. The van der Waals surface area contributed by atoms with Crippen molar-refractivity contribution in [1.29, 1.82) is 0 Å². The lowest BCUT2D eigenvalue weighted by atomic mass is 9.73. The highest BCUT2D eigenvalue weighted by molar-refractivity contribution is 6.09. The monoisotopic (exact) mass is 680 g/mol. The molecule has 1 aromatic carbocycles. The van der Waals surface area contributed by atoms with Gasteiger partial charge in [0.25, 0.3) is 0 Å². The second-order valence-corrected chi connectivity index (χ2v) is 14.8. The van der Waals surface area contributed by atoms with Gasteiger partial charge in [-0.1, -0.05) is 18.6 Å². The highest BCUT2D eigenvalue weighted by Crippen LogP contribution is 2.52. The molecule has 11 nitrogen and oxygen atoms in total.